The third-order valence-corrected chi connectivity index (χ3v) is 4.68. The van der Waals surface area contributed by atoms with E-state index >= 15 is 0 Å². The molecule has 0 aliphatic rings. The van der Waals surface area contributed by atoms with Gasteiger partial charge in [0.25, 0.3) is 5.69 Å². The molecule has 3 aromatic carbocycles. The van der Waals surface area contributed by atoms with Crippen LogP contribution in [0.1, 0.15) is 5.56 Å². The average Bonchev–Trinajstić information content (AvgIpc) is 3.16. The summed E-state index contributed by atoms with van der Waals surface area (Å²) in [5, 5.41) is 24.3. The van der Waals surface area contributed by atoms with E-state index in [1.807, 2.05) is 42.5 Å². The largest absolute Gasteiger partial charge is 0.379 e. The number of fused-ring (bicyclic) bond motifs is 1. The van der Waals surface area contributed by atoms with Crippen molar-refractivity contribution in [1.29, 1.82) is 0 Å². The summed E-state index contributed by atoms with van der Waals surface area (Å²) in [7, 11) is 0. The van der Waals surface area contributed by atoms with Crippen LogP contribution in [0.3, 0.4) is 0 Å². The Labute approximate surface area is 171 Å². The number of nitrogens with zero attached hydrogens (tertiary/aromatic N) is 3. The summed E-state index contributed by atoms with van der Waals surface area (Å²) in [5.74, 6) is 0. The van der Waals surface area contributed by atoms with Crippen molar-refractivity contribution >= 4 is 45.3 Å². The van der Waals surface area contributed by atoms with Gasteiger partial charge in [-0.3, -0.25) is 10.1 Å². The lowest BCUT2D eigenvalue weighted by Gasteiger charge is -2.08. The van der Waals surface area contributed by atoms with Crippen molar-refractivity contribution in [2.75, 3.05) is 5.32 Å². The summed E-state index contributed by atoms with van der Waals surface area (Å²) in [4.78, 5) is 13.5. The number of aromatic amines is 1. The number of non-ortho nitro benzene ring substituents is 1. The predicted molar refractivity (Wildman–Crippen MR) is 114 cm³/mol. The number of rotatable bonds is 6. The van der Waals surface area contributed by atoms with E-state index in [-0.39, 0.29) is 5.69 Å². The Bertz CT molecular complexity index is 1180. The van der Waals surface area contributed by atoms with E-state index in [0.29, 0.717) is 22.9 Å². The molecule has 0 aliphatic heterocycles. The number of azo groups is 1. The standard InChI is InChI=1S/C21H16ClN5O2/c22-15-6-4-14(5-7-15)12-23-19-3-1-2-18-20(13-24-21(18)19)26-25-16-8-10-17(11-9-16)27(28)29/h1-11,13,23-24H,12H2/b26-25+. The SMILES string of the molecule is O=[N+]([O-])c1ccc(/N=N/c2c[nH]c3c(NCc4ccc(Cl)cc4)cccc23)cc1. The average molecular weight is 406 g/mol. The molecular formula is C21H16ClN5O2. The lowest BCUT2D eigenvalue weighted by molar-refractivity contribution is -0.384. The second-order valence-corrected chi connectivity index (χ2v) is 6.79. The number of hydrogen-bond donors (Lipinski definition) is 2. The molecule has 2 N–H and O–H groups in total. The Kier molecular flexibility index (Phi) is 5.22. The van der Waals surface area contributed by atoms with Gasteiger partial charge in [0.2, 0.25) is 0 Å². The number of benzene rings is 3. The Morgan fingerprint density at radius 2 is 1.76 bits per heavy atom. The Hall–Kier alpha value is -3.71. The molecule has 0 aliphatic carbocycles. The van der Waals surface area contributed by atoms with Crippen molar-refractivity contribution in [3.63, 3.8) is 0 Å². The van der Waals surface area contributed by atoms with E-state index in [0.717, 1.165) is 22.2 Å². The molecule has 1 aromatic heterocycles. The van der Waals surface area contributed by atoms with Crippen LogP contribution in [0.4, 0.5) is 22.7 Å². The van der Waals surface area contributed by atoms with Gasteiger partial charge in [-0.15, -0.1) is 5.11 Å². The number of nitrogens with one attached hydrogen (secondary N) is 2. The molecule has 0 saturated heterocycles. The Morgan fingerprint density at radius 3 is 2.48 bits per heavy atom. The lowest BCUT2D eigenvalue weighted by Crippen LogP contribution is -1.99. The molecule has 4 aromatic rings. The van der Waals surface area contributed by atoms with Crippen LogP contribution in [0.15, 0.2) is 83.2 Å². The quantitative estimate of drug-likeness (QED) is 0.211. The van der Waals surface area contributed by atoms with Gasteiger partial charge in [0.1, 0.15) is 5.69 Å². The number of nitro benzene ring substituents is 1. The first-order valence-corrected chi connectivity index (χ1v) is 9.22. The van der Waals surface area contributed by atoms with Crippen LogP contribution in [-0.2, 0) is 6.54 Å². The van der Waals surface area contributed by atoms with Gasteiger partial charge in [-0.05, 0) is 35.9 Å². The first-order valence-electron chi connectivity index (χ1n) is 8.85. The highest BCUT2D eigenvalue weighted by Gasteiger charge is 2.08. The van der Waals surface area contributed by atoms with Crippen molar-refractivity contribution in [3.8, 4) is 0 Å². The monoisotopic (exact) mass is 405 g/mol. The number of nitro groups is 1. The third-order valence-electron chi connectivity index (χ3n) is 4.42. The maximum absolute atomic E-state index is 10.7. The van der Waals surface area contributed by atoms with Gasteiger partial charge in [0.15, 0.2) is 0 Å². The van der Waals surface area contributed by atoms with Crippen LogP contribution in [0.25, 0.3) is 10.9 Å². The first kappa shape index (κ1) is 18.6. The van der Waals surface area contributed by atoms with Crippen LogP contribution in [0.2, 0.25) is 5.02 Å². The summed E-state index contributed by atoms with van der Waals surface area (Å²) in [6.07, 6.45) is 1.78. The van der Waals surface area contributed by atoms with Crippen LogP contribution in [0, 0.1) is 10.1 Å². The molecule has 4 rings (SSSR count). The highest BCUT2D eigenvalue weighted by atomic mass is 35.5. The van der Waals surface area contributed by atoms with Crippen molar-refractivity contribution in [1.82, 2.24) is 4.98 Å². The van der Waals surface area contributed by atoms with E-state index in [1.165, 1.54) is 12.1 Å². The fraction of sp³-hybridized carbons (Fsp3) is 0.0476. The third kappa shape index (κ3) is 4.25. The number of aromatic nitrogens is 1. The van der Waals surface area contributed by atoms with Gasteiger partial charge in [-0.1, -0.05) is 35.9 Å². The van der Waals surface area contributed by atoms with Gasteiger partial charge in [-0.25, -0.2) is 0 Å². The number of anilines is 1. The van der Waals surface area contributed by atoms with Gasteiger partial charge in [0, 0.05) is 35.3 Å². The number of hydrogen-bond acceptors (Lipinski definition) is 5. The summed E-state index contributed by atoms with van der Waals surface area (Å²) in [6.45, 7) is 0.662. The molecule has 1 heterocycles. The molecule has 0 spiro atoms. The molecule has 29 heavy (non-hydrogen) atoms. The molecule has 0 saturated carbocycles. The van der Waals surface area contributed by atoms with Crippen molar-refractivity contribution in [2.45, 2.75) is 6.54 Å². The van der Waals surface area contributed by atoms with E-state index in [1.54, 1.807) is 18.3 Å². The predicted octanol–water partition coefficient (Wildman–Crippen LogP) is 6.76. The molecule has 0 radical (unpaired) electrons. The minimum atomic E-state index is -0.445. The van der Waals surface area contributed by atoms with Crippen molar-refractivity contribution < 1.29 is 4.92 Å². The second kappa shape index (κ2) is 8.12. The maximum atomic E-state index is 10.7. The van der Waals surface area contributed by atoms with Crippen molar-refractivity contribution in [3.05, 3.63) is 93.6 Å². The fourth-order valence-corrected chi connectivity index (χ4v) is 3.05. The molecule has 144 valence electrons. The normalized spacial score (nSPS) is 11.2. The van der Waals surface area contributed by atoms with Gasteiger partial charge >= 0.3 is 0 Å². The smallest absolute Gasteiger partial charge is 0.269 e. The Morgan fingerprint density at radius 1 is 1.00 bits per heavy atom. The van der Waals surface area contributed by atoms with Gasteiger partial charge in [0.05, 0.1) is 21.8 Å². The van der Waals surface area contributed by atoms with Gasteiger partial charge in [-0.2, -0.15) is 5.11 Å². The maximum Gasteiger partial charge on any atom is 0.269 e. The molecule has 0 fully saturated rings. The second-order valence-electron chi connectivity index (χ2n) is 6.36. The molecule has 8 heteroatoms. The zero-order chi connectivity index (χ0) is 20.2. The van der Waals surface area contributed by atoms with Gasteiger partial charge < -0.3 is 10.3 Å². The summed E-state index contributed by atoms with van der Waals surface area (Å²) >= 11 is 5.93. The zero-order valence-corrected chi connectivity index (χ0v) is 15.9. The molecular weight excluding hydrogens is 390 g/mol. The molecule has 7 nitrogen and oxygen atoms in total. The number of para-hydroxylation sites is 1. The number of halogens is 1. The van der Waals surface area contributed by atoms with Crippen LogP contribution in [0.5, 0.6) is 0 Å². The number of H-pyrrole nitrogens is 1. The summed E-state index contributed by atoms with van der Waals surface area (Å²) < 4.78 is 0. The first-order chi connectivity index (χ1) is 14.1. The van der Waals surface area contributed by atoms with Crippen LogP contribution in [-0.4, -0.2) is 9.91 Å². The highest BCUT2D eigenvalue weighted by Crippen LogP contribution is 2.32. The van der Waals surface area contributed by atoms with E-state index in [2.05, 4.69) is 20.5 Å². The summed E-state index contributed by atoms with van der Waals surface area (Å²) in [6, 6.07) is 19.5. The minimum Gasteiger partial charge on any atom is -0.379 e. The van der Waals surface area contributed by atoms with Crippen LogP contribution >= 0.6 is 11.6 Å². The van der Waals surface area contributed by atoms with E-state index in [4.69, 9.17) is 11.6 Å². The molecule has 0 amide bonds. The molecule has 0 bridgehead atoms. The van der Waals surface area contributed by atoms with E-state index < -0.39 is 4.92 Å². The molecule has 0 unspecified atom stereocenters. The fourth-order valence-electron chi connectivity index (χ4n) is 2.92. The minimum absolute atomic E-state index is 0.0208. The summed E-state index contributed by atoms with van der Waals surface area (Å²) in [5.41, 5.74) is 4.26. The van der Waals surface area contributed by atoms with Crippen molar-refractivity contribution in [2.24, 2.45) is 10.2 Å². The molecule has 0 atom stereocenters. The topological polar surface area (TPSA) is 95.7 Å². The lowest BCUT2D eigenvalue weighted by atomic mass is 10.2. The highest BCUT2D eigenvalue weighted by molar-refractivity contribution is 6.30. The Balaban J connectivity index is 1.53. The van der Waals surface area contributed by atoms with E-state index in [9.17, 15) is 10.1 Å². The zero-order valence-electron chi connectivity index (χ0n) is 15.2. The van der Waals surface area contributed by atoms with Crippen LogP contribution < -0.4 is 5.32 Å².